The number of hydrogen-bond acceptors (Lipinski definition) is 2. The van der Waals surface area contributed by atoms with Crippen LogP contribution < -0.4 is 0 Å². The molecular weight excluding hydrogens is 254 g/mol. The van der Waals surface area contributed by atoms with Crippen molar-refractivity contribution in [1.29, 1.82) is 0 Å². The molecule has 104 valence electrons. The molecule has 0 aromatic heterocycles. The number of nitrogens with zero attached hydrogens (tertiary/aromatic N) is 1. The van der Waals surface area contributed by atoms with Crippen LogP contribution in [0.3, 0.4) is 0 Å². The second kappa shape index (κ2) is 4.62. The van der Waals surface area contributed by atoms with Crippen LogP contribution in [0.1, 0.15) is 44.6 Å². The van der Waals surface area contributed by atoms with Gasteiger partial charge in [0.25, 0.3) is 0 Å². The van der Waals surface area contributed by atoms with Crippen LogP contribution in [-0.2, 0) is 9.73 Å². The van der Waals surface area contributed by atoms with Crippen LogP contribution in [0.2, 0.25) is 0 Å². The minimum atomic E-state index is -2.07. The lowest BCUT2D eigenvalue weighted by Crippen LogP contribution is -2.63. The molecule has 1 unspecified atom stereocenters. The normalized spacial score (nSPS) is 30.9. The van der Waals surface area contributed by atoms with Crippen molar-refractivity contribution in [3.05, 3.63) is 29.8 Å². The van der Waals surface area contributed by atoms with Crippen LogP contribution in [0.25, 0.3) is 0 Å². The molecule has 1 atom stereocenters. The van der Waals surface area contributed by atoms with Gasteiger partial charge in [0.15, 0.2) is 0 Å². The molecule has 3 heteroatoms. The fourth-order valence-electron chi connectivity index (χ4n) is 3.34. The van der Waals surface area contributed by atoms with Gasteiger partial charge in [-0.2, -0.15) is 4.36 Å². The molecule has 0 heterocycles. The standard InChI is InChI=1S/C16H23NOS/c1-3-4-8-19(18,16-10-14(11-16)12-16)17-15-7-5-6-13(2)9-15/h5-7,9,14H,3-4,8,10-12H2,1-2H3. The van der Waals surface area contributed by atoms with E-state index in [9.17, 15) is 4.21 Å². The Bertz CT molecular complexity index is 582. The lowest BCUT2D eigenvalue weighted by atomic mass is 9.55. The van der Waals surface area contributed by atoms with Gasteiger partial charge in [-0.25, -0.2) is 4.21 Å². The van der Waals surface area contributed by atoms with Crippen LogP contribution in [0, 0.1) is 12.8 Å². The van der Waals surface area contributed by atoms with E-state index in [-0.39, 0.29) is 4.75 Å². The Labute approximate surface area is 116 Å². The van der Waals surface area contributed by atoms with Crippen molar-refractivity contribution in [3.8, 4) is 0 Å². The summed E-state index contributed by atoms with van der Waals surface area (Å²) >= 11 is 0. The first-order valence-electron chi connectivity index (χ1n) is 7.38. The van der Waals surface area contributed by atoms with Crippen molar-refractivity contribution in [3.63, 3.8) is 0 Å². The Kier molecular flexibility index (Phi) is 3.20. The predicted octanol–water partition coefficient (Wildman–Crippen LogP) is 4.45. The maximum atomic E-state index is 13.4. The summed E-state index contributed by atoms with van der Waals surface area (Å²) in [6.45, 7) is 4.22. The Hall–Kier alpha value is -0.830. The van der Waals surface area contributed by atoms with Crippen molar-refractivity contribution >= 4 is 15.4 Å². The third-order valence-electron chi connectivity index (χ3n) is 4.69. The Balaban J connectivity index is 1.97. The van der Waals surface area contributed by atoms with Crippen molar-refractivity contribution in [2.75, 3.05) is 5.75 Å². The molecule has 1 aromatic rings. The lowest BCUT2D eigenvalue weighted by molar-refractivity contribution is 0.0516. The average molecular weight is 277 g/mol. The minimum absolute atomic E-state index is 0.0799. The number of aryl methyl sites for hydroxylation is 1. The largest absolute Gasteiger partial charge is 0.249 e. The quantitative estimate of drug-likeness (QED) is 0.782. The van der Waals surface area contributed by atoms with E-state index < -0.39 is 9.73 Å². The second-order valence-corrected chi connectivity index (χ2v) is 9.03. The van der Waals surface area contributed by atoms with Gasteiger partial charge in [0, 0.05) is 5.75 Å². The minimum Gasteiger partial charge on any atom is -0.249 e. The summed E-state index contributed by atoms with van der Waals surface area (Å²) in [5, 5.41) is 0. The van der Waals surface area contributed by atoms with Gasteiger partial charge < -0.3 is 0 Å². The topological polar surface area (TPSA) is 29.4 Å². The third kappa shape index (κ3) is 2.12. The molecular formula is C16H23NOS. The van der Waals surface area contributed by atoms with Gasteiger partial charge in [0.1, 0.15) is 0 Å². The molecule has 0 radical (unpaired) electrons. The lowest BCUT2D eigenvalue weighted by Gasteiger charge is -2.62. The molecule has 3 saturated carbocycles. The predicted molar refractivity (Wildman–Crippen MR) is 81.3 cm³/mol. The number of hydrogen-bond donors (Lipinski definition) is 0. The van der Waals surface area contributed by atoms with Crippen molar-refractivity contribution in [2.24, 2.45) is 10.3 Å². The van der Waals surface area contributed by atoms with E-state index in [0.717, 1.165) is 49.5 Å². The fourth-order valence-corrected chi connectivity index (χ4v) is 6.68. The average Bonchev–Trinajstić information content (AvgIpc) is 2.22. The Morgan fingerprint density at radius 3 is 2.63 bits per heavy atom. The zero-order valence-electron chi connectivity index (χ0n) is 11.9. The highest BCUT2D eigenvalue weighted by Crippen LogP contribution is 2.63. The highest BCUT2D eigenvalue weighted by molar-refractivity contribution is 7.95. The van der Waals surface area contributed by atoms with Gasteiger partial charge in [-0.3, -0.25) is 0 Å². The van der Waals surface area contributed by atoms with Gasteiger partial charge in [0.2, 0.25) is 0 Å². The van der Waals surface area contributed by atoms with E-state index in [1.807, 2.05) is 12.1 Å². The molecule has 1 aromatic carbocycles. The summed E-state index contributed by atoms with van der Waals surface area (Å²) in [6.07, 6.45) is 5.60. The summed E-state index contributed by atoms with van der Waals surface area (Å²) in [5.74, 6) is 1.64. The van der Waals surface area contributed by atoms with Crippen molar-refractivity contribution in [2.45, 2.75) is 50.7 Å². The van der Waals surface area contributed by atoms with Crippen LogP contribution in [0.5, 0.6) is 0 Å². The van der Waals surface area contributed by atoms with Gasteiger partial charge in [-0.05, 0) is 56.2 Å². The Morgan fingerprint density at radius 1 is 1.37 bits per heavy atom. The maximum Gasteiger partial charge on any atom is 0.0733 e. The van der Waals surface area contributed by atoms with E-state index >= 15 is 0 Å². The number of benzene rings is 1. The van der Waals surface area contributed by atoms with E-state index in [4.69, 9.17) is 4.36 Å². The number of unbranched alkanes of at least 4 members (excludes halogenated alkanes) is 1. The fraction of sp³-hybridized carbons (Fsp3) is 0.625. The van der Waals surface area contributed by atoms with E-state index in [0.29, 0.717) is 0 Å². The molecule has 19 heavy (non-hydrogen) atoms. The number of rotatable bonds is 5. The van der Waals surface area contributed by atoms with Crippen molar-refractivity contribution in [1.82, 2.24) is 0 Å². The zero-order valence-corrected chi connectivity index (χ0v) is 12.7. The van der Waals surface area contributed by atoms with E-state index in [1.54, 1.807) is 0 Å². The molecule has 0 saturated heterocycles. The van der Waals surface area contributed by atoms with E-state index in [2.05, 4.69) is 26.0 Å². The summed E-state index contributed by atoms with van der Waals surface area (Å²) in [4.78, 5) is 0. The summed E-state index contributed by atoms with van der Waals surface area (Å²) in [5.41, 5.74) is 2.10. The van der Waals surface area contributed by atoms with Gasteiger partial charge in [-0.15, -0.1) is 0 Å². The molecule has 0 spiro atoms. The van der Waals surface area contributed by atoms with Gasteiger partial charge in [-0.1, -0.05) is 25.5 Å². The molecule has 4 rings (SSSR count). The monoisotopic (exact) mass is 277 g/mol. The Morgan fingerprint density at radius 2 is 2.11 bits per heavy atom. The molecule has 2 bridgehead atoms. The summed E-state index contributed by atoms with van der Waals surface area (Å²) in [6, 6.07) is 8.12. The van der Waals surface area contributed by atoms with Gasteiger partial charge in [0.05, 0.1) is 20.2 Å². The first-order chi connectivity index (χ1) is 9.07. The molecule has 3 fully saturated rings. The molecule has 0 amide bonds. The molecule has 0 aliphatic heterocycles. The highest BCUT2D eigenvalue weighted by Gasteiger charge is 2.62. The second-order valence-electron chi connectivity index (χ2n) is 6.29. The van der Waals surface area contributed by atoms with E-state index in [1.165, 1.54) is 5.56 Å². The molecule has 2 nitrogen and oxygen atoms in total. The first kappa shape index (κ1) is 13.2. The van der Waals surface area contributed by atoms with Crippen LogP contribution in [-0.4, -0.2) is 14.7 Å². The zero-order chi connectivity index (χ0) is 13.5. The SMILES string of the molecule is CCCCS(=O)(=Nc1cccc(C)c1)C12CC(C1)C2. The highest BCUT2D eigenvalue weighted by atomic mass is 32.2. The smallest absolute Gasteiger partial charge is 0.0733 e. The third-order valence-corrected chi connectivity index (χ3v) is 7.89. The molecule has 3 aliphatic carbocycles. The molecule has 0 N–H and O–H groups in total. The van der Waals surface area contributed by atoms with Gasteiger partial charge >= 0.3 is 0 Å². The van der Waals surface area contributed by atoms with Crippen LogP contribution in [0.15, 0.2) is 28.6 Å². The maximum absolute atomic E-state index is 13.4. The van der Waals surface area contributed by atoms with Crippen molar-refractivity contribution < 1.29 is 4.21 Å². The first-order valence-corrected chi connectivity index (χ1v) is 9.06. The summed E-state index contributed by atoms with van der Waals surface area (Å²) < 4.78 is 18.2. The summed E-state index contributed by atoms with van der Waals surface area (Å²) in [7, 11) is -2.07. The van der Waals surface area contributed by atoms with Crippen LogP contribution >= 0.6 is 0 Å². The van der Waals surface area contributed by atoms with Crippen LogP contribution in [0.4, 0.5) is 5.69 Å². The molecule has 3 aliphatic rings.